The molecule has 1 aromatic carbocycles. The van der Waals surface area contributed by atoms with E-state index in [1.807, 2.05) is 24.3 Å². The van der Waals surface area contributed by atoms with Gasteiger partial charge in [-0.1, -0.05) is 45.4 Å². The molecule has 0 spiro atoms. The molecular formula is C11H12BrNO3. The highest BCUT2D eigenvalue weighted by Gasteiger charge is 2.00. The summed E-state index contributed by atoms with van der Waals surface area (Å²) in [6, 6.07) is 7.83. The number of methoxy groups -OCH3 is 1. The molecule has 4 nitrogen and oxygen atoms in total. The van der Waals surface area contributed by atoms with Gasteiger partial charge in [0.15, 0.2) is 6.21 Å². The Hall–Kier alpha value is -1.36. The van der Waals surface area contributed by atoms with Crippen molar-refractivity contribution in [1.29, 1.82) is 0 Å². The van der Waals surface area contributed by atoms with Crippen molar-refractivity contribution in [2.24, 2.45) is 5.16 Å². The largest absolute Gasteiger partial charge is 0.465 e. The fraction of sp³-hybridized carbons (Fsp3) is 0.273. The molecule has 86 valence electrons. The molecule has 0 saturated heterocycles. The third-order valence-electron chi connectivity index (χ3n) is 1.92. The highest BCUT2D eigenvalue weighted by atomic mass is 79.9. The van der Waals surface area contributed by atoms with Crippen molar-refractivity contribution in [2.75, 3.05) is 7.11 Å². The van der Waals surface area contributed by atoms with Gasteiger partial charge in [0.1, 0.15) is 6.61 Å². The minimum absolute atomic E-state index is 0.329. The van der Waals surface area contributed by atoms with Crippen molar-refractivity contribution in [2.45, 2.75) is 11.9 Å². The van der Waals surface area contributed by atoms with Gasteiger partial charge in [-0.25, -0.2) is 4.79 Å². The van der Waals surface area contributed by atoms with Crippen LogP contribution in [0.3, 0.4) is 0 Å². The molecule has 0 fully saturated rings. The maximum absolute atomic E-state index is 10.7. The van der Waals surface area contributed by atoms with Gasteiger partial charge in [-0.2, -0.15) is 0 Å². The first-order valence-corrected chi connectivity index (χ1v) is 5.76. The summed E-state index contributed by atoms with van der Waals surface area (Å²) in [7, 11) is 1.29. The van der Waals surface area contributed by atoms with Gasteiger partial charge in [0.05, 0.1) is 7.11 Å². The highest BCUT2D eigenvalue weighted by molar-refractivity contribution is 9.08. The number of benzene rings is 1. The van der Waals surface area contributed by atoms with Crippen molar-refractivity contribution < 1.29 is 14.4 Å². The summed E-state index contributed by atoms with van der Waals surface area (Å²) >= 11 is 3.38. The van der Waals surface area contributed by atoms with E-state index in [1.54, 1.807) is 0 Å². The van der Waals surface area contributed by atoms with Crippen molar-refractivity contribution in [1.82, 2.24) is 0 Å². The van der Waals surface area contributed by atoms with Crippen LogP contribution in [0.25, 0.3) is 0 Å². The average Bonchev–Trinajstić information content (AvgIpc) is 2.34. The van der Waals surface area contributed by atoms with E-state index in [-0.39, 0.29) is 0 Å². The number of alkyl halides is 1. The number of carbonyl (C=O) groups excluding carboxylic acids is 1. The monoisotopic (exact) mass is 285 g/mol. The fourth-order valence-electron chi connectivity index (χ4n) is 1.07. The van der Waals surface area contributed by atoms with Crippen molar-refractivity contribution in [3.63, 3.8) is 0 Å². The van der Waals surface area contributed by atoms with Gasteiger partial charge in [-0.15, -0.1) is 0 Å². The number of esters is 1. The minimum atomic E-state index is -0.534. The molecular weight excluding hydrogens is 274 g/mol. The third kappa shape index (κ3) is 4.02. The Balaban J connectivity index is 2.48. The number of hydrogen-bond donors (Lipinski definition) is 0. The van der Waals surface area contributed by atoms with Crippen LogP contribution in [-0.4, -0.2) is 19.3 Å². The van der Waals surface area contributed by atoms with E-state index in [2.05, 4.69) is 25.8 Å². The van der Waals surface area contributed by atoms with Gasteiger partial charge in [0, 0.05) is 5.33 Å². The van der Waals surface area contributed by atoms with E-state index in [0.717, 1.165) is 22.7 Å². The van der Waals surface area contributed by atoms with Crippen LogP contribution >= 0.6 is 15.9 Å². The quantitative estimate of drug-likeness (QED) is 0.361. The molecule has 0 aliphatic rings. The van der Waals surface area contributed by atoms with E-state index in [1.165, 1.54) is 7.11 Å². The number of hydrogen-bond acceptors (Lipinski definition) is 4. The van der Waals surface area contributed by atoms with Crippen LogP contribution in [0.2, 0.25) is 0 Å². The van der Waals surface area contributed by atoms with Crippen LogP contribution in [0.4, 0.5) is 0 Å². The Morgan fingerprint density at radius 1 is 1.44 bits per heavy atom. The van der Waals surface area contributed by atoms with Crippen molar-refractivity contribution in [3.8, 4) is 0 Å². The smallest absolute Gasteiger partial charge is 0.352 e. The molecule has 0 radical (unpaired) electrons. The molecule has 16 heavy (non-hydrogen) atoms. The topological polar surface area (TPSA) is 47.9 Å². The first-order chi connectivity index (χ1) is 7.77. The van der Waals surface area contributed by atoms with Gasteiger partial charge in [-0.3, -0.25) is 0 Å². The fourth-order valence-corrected chi connectivity index (χ4v) is 1.62. The molecule has 0 aliphatic heterocycles. The second kappa shape index (κ2) is 7.00. The first-order valence-electron chi connectivity index (χ1n) is 4.64. The molecule has 0 aliphatic carbocycles. The van der Waals surface area contributed by atoms with Crippen LogP contribution in [0.5, 0.6) is 0 Å². The van der Waals surface area contributed by atoms with Crippen LogP contribution < -0.4 is 0 Å². The summed E-state index contributed by atoms with van der Waals surface area (Å²) in [5, 5.41) is 4.26. The standard InChI is InChI=1S/C11H12BrNO3/c1-15-11(14)7-13-16-8-10-5-3-2-4-9(10)6-12/h2-5,7H,6,8H2,1H3/b13-7+. The maximum Gasteiger partial charge on any atom is 0.352 e. The molecule has 1 rings (SSSR count). The lowest BCUT2D eigenvalue weighted by Crippen LogP contribution is -2.01. The first kappa shape index (κ1) is 12.7. The van der Waals surface area contributed by atoms with Crippen LogP contribution in [0, 0.1) is 0 Å². The van der Waals surface area contributed by atoms with E-state index >= 15 is 0 Å². The summed E-state index contributed by atoms with van der Waals surface area (Å²) in [6.07, 6.45) is 0.997. The van der Waals surface area contributed by atoms with Crippen LogP contribution in [-0.2, 0) is 26.3 Å². The van der Waals surface area contributed by atoms with Gasteiger partial charge in [0.2, 0.25) is 0 Å². The molecule has 0 unspecified atom stereocenters. The number of carbonyl (C=O) groups is 1. The van der Waals surface area contributed by atoms with Gasteiger partial charge < -0.3 is 9.57 Å². The molecule has 0 heterocycles. The summed E-state index contributed by atoms with van der Waals surface area (Å²) in [5.41, 5.74) is 2.16. The van der Waals surface area contributed by atoms with Crippen molar-refractivity contribution >= 4 is 28.1 Å². The van der Waals surface area contributed by atoms with Crippen molar-refractivity contribution in [3.05, 3.63) is 35.4 Å². The Morgan fingerprint density at radius 2 is 2.12 bits per heavy atom. The summed E-state index contributed by atoms with van der Waals surface area (Å²) < 4.78 is 4.37. The molecule has 0 aromatic heterocycles. The third-order valence-corrected chi connectivity index (χ3v) is 2.52. The number of ether oxygens (including phenoxy) is 1. The van der Waals surface area contributed by atoms with Gasteiger partial charge in [-0.05, 0) is 11.1 Å². The average molecular weight is 286 g/mol. The molecule has 0 N–H and O–H groups in total. The Kier molecular flexibility index (Phi) is 5.56. The summed E-state index contributed by atoms with van der Waals surface area (Å²) in [6.45, 7) is 0.329. The molecule has 1 aromatic rings. The summed E-state index contributed by atoms with van der Waals surface area (Å²) in [4.78, 5) is 15.7. The number of halogens is 1. The van der Waals surface area contributed by atoms with E-state index in [4.69, 9.17) is 4.84 Å². The normalized spacial score (nSPS) is 10.4. The second-order valence-electron chi connectivity index (χ2n) is 2.93. The Bertz CT molecular complexity index is 379. The van der Waals surface area contributed by atoms with E-state index in [0.29, 0.717) is 6.61 Å². The zero-order valence-electron chi connectivity index (χ0n) is 8.85. The van der Waals surface area contributed by atoms with E-state index < -0.39 is 5.97 Å². The Morgan fingerprint density at radius 3 is 2.75 bits per heavy atom. The second-order valence-corrected chi connectivity index (χ2v) is 3.49. The van der Waals surface area contributed by atoms with Crippen LogP contribution in [0.1, 0.15) is 11.1 Å². The molecule has 5 heteroatoms. The SMILES string of the molecule is COC(=O)/C=N/OCc1ccccc1CBr. The predicted octanol–water partition coefficient (Wildman–Crippen LogP) is 2.26. The molecule has 0 amide bonds. The van der Waals surface area contributed by atoms with Crippen LogP contribution in [0.15, 0.2) is 29.4 Å². The van der Waals surface area contributed by atoms with E-state index in [9.17, 15) is 4.79 Å². The number of rotatable bonds is 5. The zero-order valence-corrected chi connectivity index (χ0v) is 10.4. The Labute approximate surface area is 102 Å². The number of oxime groups is 1. The van der Waals surface area contributed by atoms with Gasteiger partial charge >= 0.3 is 5.97 Å². The summed E-state index contributed by atoms with van der Waals surface area (Å²) in [5.74, 6) is -0.534. The minimum Gasteiger partial charge on any atom is -0.465 e. The maximum atomic E-state index is 10.7. The molecule has 0 saturated carbocycles. The highest BCUT2D eigenvalue weighted by Crippen LogP contribution is 2.13. The lowest BCUT2D eigenvalue weighted by atomic mass is 10.1. The number of nitrogens with zero attached hydrogens (tertiary/aromatic N) is 1. The predicted molar refractivity (Wildman–Crippen MR) is 64.4 cm³/mol. The zero-order chi connectivity index (χ0) is 11.8. The lowest BCUT2D eigenvalue weighted by molar-refractivity contribution is -0.132. The molecule has 0 bridgehead atoms. The van der Waals surface area contributed by atoms with Gasteiger partial charge in [0.25, 0.3) is 0 Å². The molecule has 0 atom stereocenters. The lowest BCUT2D eigenvalue weighted by Gasteiger charge is -2.04.